The quantitative estimate of drug-likeness (QED) is 0.444. The predicted octanol–water partition coefficient (Wildman–Crippen LogP) is 7.14. The van der Waals surface area contributed by atoms with E-state index in [4.69, 9.17) is 0 Å². The lowest BCUT2D eigenvalue weighted by molar-refractivity contribution is -0.161. The minimum absolute atomic E-state index is 0.0985. The number of aliphatic hydroxyl groups excluding tert-OH is 2. The van der Waals surface area contributed by atoms with Gasteiger partial charge in [0.05, 0.1) is 12.7 Å². The fraction of sp³-hybridized carbons (Fsp3) is 0.933. The highest BCUT2D eigenvalue weighted by Gasteiger charge is 2.82. The van der Waals surface area contributed by atoms with Gasteiger partial charge in [0.1, 0.15) is 0 Å². The molecule has 5 aliphatic carbocycles. The van der Waals surface area contributed by atoms with E-state index in [1.165, 1.54) is 57.8 Å². The zero-order valence-corrected chi connectivity index (χ0v) is 21.8. The van der Waals surface area contributed by atoms with Crippen LogP contribution in [0.25, 0.3) is 0 Å². The molecule has 5 fully saturated rings. The summed E-state index contributed by atoms with van der Waals surface area (Å²) in [4.78, 5) is 0. The summed E-state index contributed by atoms with van der Waals surface area (Å²) in [5.41, 5.74) is 3.35. The molecule has 0 amide bonds. The SMILES string of the molecule is C/C(=C\CC[C@@H](C)[C@H]1CC[C@@]2(C)[C@@H]3CC[C@H]4C(C)(C)[C@@H](O)CC[C@@]45C[C@@]35CC[C@]12C)CO. The molecule has 0 bridgehead atoms. The highest BCUT2D eigenvalue weighted by atomic mass is 16.3. The number of fused-ring (bicyclic) bond motifs is 2. The first kappa shape index (κ1) is 23.4. The van der Waals surface area contributed by atoms with Crippen molar-refractivity contribution in [3.05, 3.63) is 11.6 Å². The van der Waals surface area contributed by atoms with Crippen LogP contribution < -0.4 is 0 Å². The van der Waals surface area contributed by atoms with E-state index in [0.29, 0.717) is 21.7 Å². The van der Waals surface area contributed by atoms with Crippen LogP contribution in [0.2, 0.25) is 0 Å². The normalized spacial score (nSPS) is 52.4. The Balaban J connectivity index is 1.38. The molecule has 0 aromatic rings. The molecule has 0 unspecified atom stereocenters. The van der Waals surface area contributed by atoms with Gasteiger partial charge in [0.25, 0.3) is 0 Å². The minimum Gasteiger partial charge on any atom is -0.393 e. The number of allylic oxidation sites excluding steroid dienone is 1. The Bertz CT molecular complexity index is 784. The Labute approximate surface area is 197 Å². The second-order valence-corrected chi connectivity index (χ2v) is 14.3. The van der Waals surface area contributed by atoms with Gasteiger partial charge in [-0.15, -0.1) is 0 Å². The van der Waals surface area contributed by atoms with Gasteiger partial charge in [0.2, 0.25) is 0 Å². The maximum Gasteiger partial charge on any atom is 0.0639 e. The molecule has 0 aromatic heterocycles. The van der Waals surface area contributed by atoms with E-state index in [9.17, 15) is 10.2 Å². The lowest BCUT2D eigenvalue weighted by Crippen LogP contribution is -2.57. The second-order valence-electron chi connectivity index (χ2n) is 14.3. The molecule has 0 radical (unpaired) electrons. The molecule has 2 heteroatoms. The molecular formula is C30H50O2. The minimum atomic E-state index is -0.100. The summed E-state index contributed by atoms with van der Waals surface area (Å²) in [5, 5.41) is 20.2. The third-order valence-corrected chi connectivity index (χ3v) is 13.2. The summed E-state index contributed by atoms with van der Waals surface area (Å²) in [5.74, 6) is 3.27. The monoisotopic (exact) mass is 442 g/mol. The Hall–Kier alpha value is -0.340. The van der Waals surface area contributed by atoms with Crippen molar-refractivity contribution in [1.29, 1.82) is 0 Å². The van der Waals surface area contributed by atoms with Crippen molar-refractivity contribution in [3.63, 3.8) is 0 Å². The van der Waals surface area contributed by atoms with Crippen molar-refractivity contribution in [1.82, 2.24) is 0 Å². The number of hydrogen-bond donors (Lipinski definition) is 2. The number of rotatable bonds is 5. The predicted molar refractivity (Wildman–Crippen MR) is 132 cm³/mol. The summed E-state index contributed by atoms with van der Waals surface area (Å²) in [6.45, 7) is 14.9. The van der Waals surface area contributed by atoms with E-state index in [1.807, 2.05) is 6.92 Å². The summed E-state index contributed by atoms with van der Waals surface area (Å²) >= 11 is 0. The molecular weight excluding hydrogens is 392 g/mol. The maximum absolute atomic E-state index is 10.8. The van der Waals surface area contributed by atoms with E-state index in [-0.39, 0.29) is 18.1 Å². The Morgan fingerprint density at radius 2 is 1.59 bits per heavy atom. The first-order valence-corrected chi connectivity index (χ1v) is 13.9. The van der Waals surface area contributed by atoms with Crippen LogP contribution in [0, 0.1) is 50.7 Å². The molecule has 32 heavy (non-hydrogen) atoms. The molecule has 0 heterocycles. The topological polar surface area (TPSA) is 40.5 Å². The molecule has 182 valence electrons. The molecule has 0 aliphatic heterocycles. The molecule has 0 saturated heterocycles. The molecule has 0 aromatic carbocycles. The van der Waals surface area contributed by atoms with Gasteiger partial charge in [-0.1, -0.05) is 46.3 Å². The lowest BCUT2D eigenvalue weighted by atomic mass is 9.41. The largest absolute Gasteiger partial charge is 0.393 e. The molecule has 2 N–H and O–H groups in total. The number of aliphatic hydroxyl groups is 2. The molecule has 2 spiro atoms. The van der Waals surface area contributed by atoms with E-state index in [0.717, 1.165) is 42.1 Å². The molecule has 5 aliphatic rings. The van der Waals surface area contributed by atoms with E-state index in [1.54, 1.807) is 0 Å². The van der Waals surface area contributed by atoms with E-state index >= 15 is 0 Å². The Kier molecular flexibility index (Phi) is 5.36. The van der Waals surface area contributed by atoms with Crippen LogP contribution in [0.1, 0.15) is 112 Å². The van der Waals surface area contributed by atoms with Crippen molar-refractivity contribution in [2.75, 3.05) is 6.61 Å². The lowest BCUT2D eigenvalue weighted by Gasteiger charge is -2.63. The average molecular weight is 443 g/mol. The van der Waals surface area contributed by atoms with Crippen molar-refractivity contribution < 1.29 is 10.2 Å². The van der Waals surface area contributed by atoms with Crippen molar-refractivity contribution in [2.24, 2.45) is 50.7 Å². The smallest absolute Gasteiger partial charge is 0.0639 e. The first-order valence-electron chi connectivity index (χ1n) is 13.9. The van der Waals surface area contributed by atoms with Gasteiger partial charge >= 0.3 is 0 Å². The maximum atomic E-state index is 10.8. The fourth-order valence-electron chi connectivity index (χ4n) is 11.2. The average Bonchev–Trinajstić information content (AvgIpc) is 3.33. The van der Waals surface area contributed by atoms with Crippen LogP contribution in [-0.4, -0.2) is 22.9 Å². The Morgan fingerprint density at radius 1 is 0.906 bits per heavy atom. The molecule has 9 atom stereocenters. The summed E-state index contributed by atoms with van der Waals surface area (Å²) in [7, 11) is 0. The fourth-order valence-corrected chi connectivity index (χ4v) is 11.2. The van der Waals surface area contributed by atoms with E-state index in [2.05, 4.69) is 40.7 Å². The summed E-state index contributed by atoms with van der Waals surface area (Å²) in [6.07, 6.45) is 16.9. The van der Waals surface area contributed by atoms with Crippen molar-refractivity contribution >= 4 is 0 Å². The third kappa shape index (κ3) is 2.78. The van der Waals surface area contributed by atoms with Gasteiger partial charge in [-0.2, -0.15) is 0 Å². The van der Waals surface area contributed by atoms with Gasteiger partial charge in [-0.05, 0) is 128 Å². The van der Waals surface area contributed by atoms with Crippen LogP contribution in [0.15, 0.2) is 11.6 Å². The van der Waals surface area contributed by atoms with Crippen LogP contribution in [-0.2, 0) is 0 Å². The highest BCUT2D eigenvalue weighted by molar-refractivity contribution is 5.30. The van der Waals surface area contributed by atoms with Gasteiger partial charge < -0.3 is 10.2 Å². The Morgan fingerprint density at radius 3 is 2.31 bits per heavy atom. The highest BCUT2D eigenvalue weighted by Crippen LogP contribution is 2.89. The van der Waals surface area contributed by atoms with E-state index < -0.39 is 0 Å². The van der Waals surface area contributed by atoms with Crippen molar-refractivity contribution in [3.8, 4) is 0 Å². The second kappa shape index (κ2) is 7.33. The van der Waals surface area contributed by atoms with Gasteiger partial charge in [0.15, 0.2) is 0 Å². The van der Waals surface area contributed by atoms with Gasteiger partial charge in [0, 0.05) is 0 Å². The van der Waals surface area contributed by atoms with Gasteiger partial charge in [-0.3, -0.25) is 0 Å². The van der Waals surface area contributed by atoms with Crippen LogP contribution in [0.4, 0.5) is 0 Å². The summed E-state index contributed by atoms with van der Waals surface area (Å²) < 4.78 is 0. The van der Waals surface area contributed by atoms with Gasteiger partial charge in [-0.25, -0.2) is 0 Å². The number of hydrogen-bond acceptors (Lipinski definition) is 2. The standard InChI is InChI=1S/C30H50O2/c1-20(18-31)8-7-9-21(2)22-12-14-28(6)24-11-10-23-26(3,4)25(32)13-15-29(23)19-30(24,29)17-16-27(22,28)5/h8,21-25,31-32H,7,9-19H2,1-6H3/b20-8+/t21-,22-,23+,24+,25+,27-,28+,29-,30+/m1/s1. The summed E-state index contributed by atoms with van der Waals surface area (Å²) in [6, 6.07) is 0. The van der Waals surface area contributed by atoms with Crippen LogP contribution >= 0.6 is 0 Å². The van der Waals surface area contributed by atoms with Crippen molar-refractivity contribution in [2.45, 2.75) is 118 Å². The molecule has 5 rings (SSSR count). The molecule has 2 nitrogen and oxygen atoms in total. The first-order chi connectivity index (χ1) is 15.0. The third-order valence-electron chi connectivity index (χ3n) is 13.2. The zero-order chi connectivity index (χ0) is 23.2. The van der Waals surface area contributed by atoms with Crippen LogP contribution in [0.3, 0.4) is 0 Å². The zero-order valence-electron chi connectivity index (χ0n) is 21.8. The van der Waals surface area contributed by atoms with Crippen LogP contribution in [0.5, 0.6) is 0 Å². The molecule has 5 saturated carbocycles.